The molecule has 0 aliphatic heterocycles. The quantitative estimate of drug-likeness (QED) is 0.738. The van der Waals surface area contributed by atoms with Crippen LogP contribution in [0.4, 0.5) is 0 Å². The first-order valence-corrected chi connectivity index (χ1v) is 8.59. The number of benzene rings is 1. The Hall–Kier alpha value is -1.57. The molecule has 0 fully saturated rings. The van der Waals surface area contributed by atoms with Crippen LogP contribution in [0.3, 0.4) is 0 Å². The minimum absolute atomic E-state index is 0.187. The van der Waals surface area contributed by atoms with Crippen LogP contribution in [0, 0.1) is 19.3 Å². The summed E-state index contributed by atoms with van der Waals surface area (Å²) >= 11 is 0. The summed E-state index contributed by atoms with van der Waals surface area (Å²) in [7, 11) is 0. The van der Waals surface area contributed by atoms with Crippen molar-refractivity contribution < 1.29 is 0 Å². The standard InChI is InChI=1S/C21H32N2/c1-15-19(23(16(2)22-15)14-20(3,4)5)13-17-10-9-11-18(12-17)21(6,7)8/h9-12H,13-14H2,1-8H3. The smallest absolute Gasteiger partial charge is 0.106 e. The van der Waals surface area contributed by atoms with Gasteiger partial charge in [0.25, 0.3) is 0 Å². The Morgan fingerprint density at radius 1 is 1.00 bits per heavy atom. The normalized spacial score (nSPS) is 12.7. The third-order valence-electron chi connectivity index (χ3n) is 4.26. The molecule has 0 atom stereocenters. The molecular formula is C21H32N2. The molecule has 1 aromatic heterocycles. The van der Waals surface area contributed by atoms with Crippen molar-refractivity contribution in [3.8, 4) is 0 Å². The highest BCUT2D eigenvalue weighted by molar-refractivity contribution is 5.32. The van der Waals surface area contributed by atoms with Gasteiger partial charge in [-0.1, -0.05) is 65.8 Å². The molecule has 1 heterocycles. The molecule has 0 aliphatic carbocycles. The Morgan fingerprint density at radius 3 is 2.22 bits per heavy atom. The van der Waals surface area contributed by atoms with Crippen LogP contribution < -0.4 is 0 Å². The molecule has 0 radical (unpaired) electrons. The second-order valence-corrected chi connectivity index (χ2v) is 8.97. The molecular weight excluding hydrogens is 280 g/mol. The molecule has 2 heteroatoms. The molecule has 23 heavy (non-hydrogen) atoms. The molecule has 2 nitrogen and oxygen atoms in total. The molecule has 0 aliphatic rings. The molecule has 1 aromatic carbocycles. The van der Waals surface area contributed by atoms with E-state index in [1.54, 1.807) is 0 Å². The lowest BCUT2D eigenvalue weighted by molar-refractivity contribution is 0.335. The lowest BCUT2D eigenvalue weighted by atomic mass is 9.86. The van der Waals surface area contributed by atoms with E-state index in [0.29, 0.717) is 0 Å². The van der Waals surface area contributed by atoms with Crippen molar-refractivity contribution in [2.45, 2.75) is 73.8 Å². The van der Waals surface area contributed by atoms with Crippen LogP contribution in [0.5, 0.6) is 0 Å². The summed E-state index contributed by atoms with van der Waals surface area (Å²) in [5.41, 5.74) is 5.71. The number of aromatic nitrogens is 2. The Morgan fingerprint density at radius 2 is 1.65 bits per heavy atom. The molecule has 0 unspecified atom stereocenters. The summed E-state index contributed by atoms with van der Waals surface area (Å²) in [6, 6.07) is 9.00. The number of hydrogen-bond acceptors (Lipinski definition) is 1. The zero-order valence-corrected chi connectivity index (χ0v) is 16.1. The molecule has 126 valence electrons. The van der Waals surface area contributed by atoms with Crippen molar-refractivity contribution in [2.75, 3.05) is 0 Å². The van der Waals surface area contributed by atoms with Gasteiger partial charge in [0.1, 0.15) is 5.82 Å². The maximum absolute atomic E-state index is 4.73. The SMILES string of the molecule is Cc1nc(C)n(CC(C)(C)C)c1Cc1cccc(C(C)(C)C)c1. The monoisotopic (exact) mass is 312 g/mol. The third kappa shape index (κ3) is 4.46. The molecule has 0 saturated carbocycles. The number of nitrogens with zero attached hydrogens (tertiary/aromatic N) is 2. The third-order valence-corrected chi connectivity index (χ3v) is 4.26. The zero-order valence-electron chi connectivity index (χ0n) is 16.1. The van der Waals surface area contributed by atoms with Crippen molar-refractivity contribution in [3.05, 3.63) is 52.6 Å². The van der Waals surface area contributed by atoms with E-state index in [0.717, 1.165) is 24.5 Å². The van der Waals surface area contributed by atoms with E-state index in [1.807, 2.05) is 0 Å². The van der Waals surface area contributed by atoms with Crippen LogP contribution >= 0.6 is 0 Å². The van der Waals surface area contributed by atoms with E-state index in [1.165, 1.54) is 16.8 Å². The molecule has 0 saturated heterocycles. The first kappa shape index (κ1) is 17.8. The summed E-state index contributed by atoms with van der Waals surface area (Å²) in [5.74, 6) is 1.12. The highest BCUT2D eigenvalue weighted by Crippen LogP contribution is 2.26. The maximum Gasteiger partial charge on any atom is 0.106 e. The molecule has 0 amide bonds. The van der Waals surface area contributed by atoms with Crippen LogP contribution in [-0.4, -0.2) is 9.55 Å². The lowest BCUT2D eigenvalue weighted by Crippen LogP contribution is -2.19. The van der Waals surface area contributed by atoms with Gasteiger partial charge in [-0.25, -0.2) is 4.98 Å². The number of aryl methyl sites for hydroxylation is 2. The van der Waals surface area contributed by atoms with Gasteiger partial charge in [0.15, 0.2) is 0 Å². The summed E-state index contributed by atoms with van der Waals surface area (Å²) in [6.07, 6.45) is 0.951. The van der Waals surface area contributed by atoms with Gasteiger partial charge < -0.3 is 4.57 Å². The van der Waals surface area contributed by atoms with Gasteiger partial charge in [-0.05, 0) is 35.8 Å². The average Bonchev–Trinajstić information content (AvgIpc) is 2.63. The summed E-state index contributed by atoms with van der Waals surface area (Å²) in [6.45, 7) is 18.9. The summed E-state index contributed by atoms with van der Waals surface area (Å²) in [5, 5.41) is 0. The molecule has 2 rings (SSSR count). The van der Waals surface area contributed by atoms with Gasteiger partial charge >= 0.3 is 0 Å². The lowest BCUT2D eigenvalue weighted by Gasteiger charge is -2.23. The number of imidazole rings is 1. The zero-order chi connectivity index (χ0) is 17.4. The first-order chi connectivity index (χ1) is 10.5. The van der Waals surface area contributed by atoms with Crippen LogP contribution in [0.25, 0.3) is 0 Å². The van der Waals surface area contributed by atoms with E-state index in [4.69, 9.17) is 4.98 Å². The number of rotatable bonds is 3. The Kier molecular flexibility index (Phi) is 4.75. The molecule has 0 bridgehead atoms. The van der Waals surface area contributed by atoms with E-state index in [2.05, 4.69) is 84.2 Å². The van der Waals surface area contributed by atoms with E-state index in [9.17, 15) is 0 Å². The van der Waals surface area contributed by atoms with Crippen molar-refractivity contribution in [1.29, 1.82) is 0 Å². The predicted molar refractivity (Wildman–Crippen MR) is 99.1 cm³/mol. The van der Waals surface area contributed by atoms with E-state index >= 15 is 0 Å². The van der Waals surface area contributed by atoms with Gasteiger partial charge in [0.05, 0.1) is 5.69 Å². The van der Waals surface area contributed by atoms with Crippen molar-refractivity contribution >= 4 is 0 Å². The topological polar surface area (TPSA) is 17.8 Å². The van der Waals surface area contributed by atoms with Crippen LogP contribution in [0.15, 0.2) is 24.3 Å². The molecule has 2 aromatic rings. The fourth-order valence-corrected chi connectivity index (χ4v) is 3.01. The summed E-state index contributed by atoms with van der Waals surface area (Å²) < 4.78 is 2.40. The summed E-state index contributed by atoms with van der Waals surface area (Å²) in [4.78, 5) is 4.73. The second-order valence-electron chi connectivity index (χ2n) is 8.97. The Labute approximate surface area is 142 Å². The highest BCUT2D eigenvalue weighted by Gasteiger charge is 2.19. The van der Waals surface area contributed by atoms with Gasteiger partial charge in [-0.2, -0.15) is 0 Å². The fraction of sp³-hybridized carbons (Fsp3) is 0.571. The van der Waals surface area contributed by atoms with Gasteiger partial charge in [0, 0.05) is 18.7 Å². The van der Waals surface area contributed by atoms with Gasteiger partial charge in [-0.15, -0.1) is 0 Å². The van der Waals surface area contributed by atoms with E-state index in [-0.39, 0.29) is 10.8 Å². The van der Waals surface area contributed by atoms with Gasteiger partial charge in [0.2, 0.25) is 0 Å². The number of hydrogen-bond donors (Lipinski definition) is 0. The second kappa shape index (κ2) is 6.14. The Bertz CT molecular complexity index is 679. The largest absolute Gasteiger partial charge is 0.331 e. The Balaban J connectivity index is 2.37. The van der Waals surface area contributed by atoms with Crippen LogP contribution in [-0.2, 0) is 18.4 Å². The van der Waals surface area contributed by atoms with Crippen LogP contribution in [0.2, 0.25) is 0 Å². The van der Waals surface area contributed by atoms with E-state index < -0.39 is 0 Å². The minimum atomic E-state index is 0.187. The highest BCUT2D eigenvalue weighted by atomic mass is 15.1. The maximum atomic E-state index is 4.73. The van der Waals surface area contributed by atoms with Crippen molar-refractivity contribution in [2.24, 2.45) is 5.41 Å². The molecule has 0 spiro atoms. The average molecular weight is 313 g/mol. The predicted octanol–water partition coefficient (Wildman–Crippen LogP) is 5.43. The van der Waals surface area contributed by atoms with Crippen molar-refractivity contribution in [3.63, 3.8) is 0 Å². The molecule has 0 N–H and O–H groups in total. The fourth-order valence-electron chi connectivity index (χ4n) is 3.01. The minimum Gasteiger partial charge on any atom is -0.331 e. The first-order valence-electron chi connectivity index (χ1n) is 8.59. The van der Waals surface area contributed by atoms with Crippen molar-refractivity contribution in [1.82, 2.24) is 9.55 Å². The van der Waals surface area contributed by atoms with Gasteiger partial charge in [-0.3, -0.25) is 0 Å². The van der Waals surface area contributed by atoms with Crippen LogP contribution in [0.1, 0.15) is 69.9 Å².